The van der Waals surface area contributed by atoms with E-state index < -0.39 is 12.0 Å². The van der Waals surface area contributed by atoms with Crippen molar-refractivity contribution in [1.82, 2.24) is 19.9 Å². The highest BCUT2D eigenvalue weighted by Crippen LogP contribution is 2.30. The number of aromatic nitrogens is 3. The summed E-state index contributed by atoms with van der Waals surface area (Å²) in [5.74, 6) is -1.40. The van der Waals surface area contributed by atoms with Gasteiger partial charge >= 0.3 is 5.97 Å². The first kappa shape index (κ1) is 18.9. The van der Waals surface area contributed by atoms with E-state index in [1.807, 2.05) is 54.6 Å². The Morgan fingerprint density at radius 1 is 1.07 bits per heavy atom. The molecule has 7 heteroatoms. The van der Waals surface area contributed by atoms with Gasteiger partial charge in [-0.2, -0.15) is 0 Å². The first-order chi connectivity index (χ1) is 14.0. The molecule has 29 heavy (non-hydrogen) atoms. The fraction of sp³-hybridized carbons (Fsp3) is 0.273. The van der Waals surface area contributed by atoms with E-state index >= 15 is 0 Å². The van der Waals surface area contributed by atoms with Crippen molar-refractivity contribution in [2.45, 2.75) is 38.8 Å². The Morgan fingerprint density at radius 2 is 1.69 bits per heavy atom. The Balaban J connectivity index is 1.61. The van der Waals surface area contributed by atoms with Crippen molar-refractivity contribution in [2.75, 3.05) is 0 Å². The Morgan fingerprint density at radius 3 is 2.28 bits per heavy atom. The van der Waals surface area contributed by atoms with E-state index in [1.165, 1.54) is 11.8 Å². The molecule has 148 valence electrons. The molecule has 1 unspecified atom stereocenters. The summed E-state index contributed by atoms with van der Waals surface area (Å²) in [6, 6.07) is 17.0. The van der Waals surface area contributed by atoms with Crippen molar-refractivity contribution in [1.29, 1.82) is 0 Å². The van der Waals surface area contributed by atoms with Gasteiger partial charge in [0.15, 0.2) is 5.69 Å². The van der Waals surface area contributed by atoms with Gasteiger partial charge in [0, 0.05) is 6.04 Å². The van der Waals surface area contributed by atoms with E-state index in [4.69, 9.17) is 0 Å². The molecule has 2 aromatic carbocycles. The van der Waals surface area contributed by atoms with Gasteiger partial charge in [0.25, 0.3) is 5.91 Å². The largest absolute Gasteiger partial charge is 0.480 e. The first-order valence-corrected chi connectivity index (χ1v) is 9.61. The molecule has 1 heterocycles. The number of hydrogen-bond acceptors (Lipinski definition) is 4. The summed E-state index contributed by atoms with van der Waals surface area (Å²) in [4.78, 5) is 25.9. The molecule has 1 N–H and O–H groups in total. The van der Waals surface area contributed by atoms with E-state index in [0.717, 1.165) is 29.7 Å². The number of aliphatic carboxylic acids is 1. The van der Waals surface area contributed by atoms with Crippen molar-refractivity contribution in [2.24, 2.45) is 0 Å². The van der Waals surface area contributed by atoms with Crippen LogP contribution >= 0.6 is 0 Å². The van der Waals surface area contributed by atoms with Crippen LogP contribution in [0, 0.1) is 6.92 Å². The Labute approximate surface area is 168 Å². The number of amides is 1. The molecule has 1 aliphatic rings. The maximum atomic E-state index is 13.0. The van der Waals surface area contributed by atoms with E-state index in [-0.39, 0.29) is 17.6 Å². The third kappa shape index (κ3) is 3.63. The number of carboxylic acid groups (broad SMARTS) is 1. The lowest BCUT2D eigenvalue weighted by molar-refractivity contribution is -0.141. The fourth-order valence-corrected chi connectivity index (χ4v) is 3.45. The van der Waals surface area contributed by atoms with Crippen LogP contribution in [0.1, 0.15) is 35.9 Å². The SMILES string of the molecule is Cc1c(C(=O)N(C2CC2)C(C)C(=O)O)nnn1-c1ccc(-c2ccccc2)cc1. The minimum atomic E-state index is -1.02. The Bertz CT molecular complexity index is 1040. The fourth-order valence-electron chi connectivity index (χ4n) is 3.45. The van der Waals surface area contributed by atoms with Crippen LogP contribution in [-0.4, -0.2) is 49.0 Å². The molecular formula is C22H22N4O3. The summed E-state index contributed by atoms with van der Waals surface area (Å²) >= 11 is 0. The molecule has 1 aromatic heterocycles. The second kappa shape index (κ2) is 7.50. The summed E-state index contributed by atoms with van der Waals surface area (Å²) in [7, 11) is 0. The number of hydrogen-bond donors (Lipinski definition) is 1. The van der Waals surface area contributed by atoms with Gasteiger partial charge in [0.1, 0.15) is 6.04 Å². The predicted octanol–water partition coefficient (Wildman–Crippen LogP) is 3.32. The van der Waals surface area contributed by atoms with E-state index in [2.05, 4.69) is 10.3 Å². The molecule has 4 rings (SSSR count). The van der Waals surface area contributed by atoms with Gasteiger partial charge in [-0.3, -0.25) is 4.79 Å². The van der Waals surface area contributed by atoms with Crippen LogP contribution in [0.3, 0.4) is 0 Å². The van der Waals surface area contributed by atoms with Crippen LogP contribution in [0.4, 0.5) is 0 Å². The van der Waals surface area contributed by atoms with Crippen LogP contribution in [-0.2, 0) is 4.79 Å². The molecule has 0 saturated heterocycles. The van der Waals surface area contributed by atoms with E-state index in [1.54, 1.807) is 11.6 Å². The molecule has 0 bridgehead atoms. The zero-order chi connectivity index (χ0) is 20.5. The summed E-state index contributed by atoms with van der Waals surface area (Å²) in [5.41, 5.74) is 3.77. The highest BCUT2D eigenvalue weighted by atomic mass is 16.4. The Kier molecular flexibility index (Phi) is 4.88. The maximum Gasteiger partial charge on any atom is 0.326 e. The highest BCUT2D eigenvalue weighted by Gasteiger charge is 2.40. The lowest BCUT2D eigenvalue weighted by atomic mass is 10.1. The summed E-state index contributed by atoms with van der Waals surface area (Å²) in [5, 5.41) is 17.6. The summed E-state index contributed by atoms with van der Waals surface area (Å²) in [6.45, 7) is 3.30. The molecule has 1 amide bonds. The molecule has 1 saturated carbocycles. The standard InChI is InChI=1S/C22H22N4O3/c1-14-20(21(27)25(18-12-13-18)15(2)22(28)29)23-24-26(14)19-10-8-17(9-11-19)16-6-4-3-5-7-16/h3-11,15,18H,12-13H2,1-2H3,(H,28,29). The molecule has 0 spiro atoms. The number of carbonyl (C=O) groups excluding carboxylic acids is 1. The monoisotopic (exact) mass is 390 g/mol. The smallest absolute Gasteiger partial charge is 0.326 e. The number of carbonyl (C=O) groups is 2. The Hall–Kier alpha value is -3.48. The van der Waals surface area contributed by atoms with Crippen LogP contribution in [0.2, 0.25) is 0 Å². The van der Waals surface area contributed by atoms with Gasteiger partial charge in [-0.05, 0) is 49.9 Å². The number of benzene rings is 2. The molecule has 1 aliphatic carbocycles. The number of carboxylic acids is 1. The molecule has 1 fully saturated rings. The summed E-state index contributed by atoms with van der Waals surface area (Å²) < 4.78 is 1.61. The van der Waals surface area contributed by atoms with E-state index in [0.29, 0.717) is 5.69 Å². The summed E-state index contributed by atoms with van der Waals surface area (Å²) in [6.07, 6.45) is 1.63. The maximum absolute atomic E-state index is 13.0. The van der Waals surface area contributed by atoms with Crippen molar-refractivity contribution in [3.8, 4) is 16.8 Å². The minimum absolute atomic E-state index is 0.0386. The zero-order valence-electron chi connectivity index (χ0n) is 16.3. The topological polar surface area (TPSA) is 88.3 Å². The van der Waals surface area contributed by atoms with Crippen LogP contribution in [0.5, 0.6) is 0 Å². The zero-order valence-corrected chi connectivity index (χ0v) is 16.3. The van der Waals surface area contributed by atoms with Gasteiger partial charge in [-0.15, -0.1) is 5.10 Å². The van der Waals surface area contributed by atoms with Gasteiger partial charge in [-0.25, -0.2) is 9.48 Å². The lowest BCUT2D eigenvalue weighted by Crippen LogP contribution is -2.45. The molecular weight excluding hydrogens is 368 g/mol. The third-order valence-corrected chi connectivity index (χ3v) is 5.27. The van der Waals surface area contributed by atoms with Crippen molar-refractivity contribution < 1.29 is 14.7 Å². The molecule has 1 atom stereocenters. The molecule has 3 aromatic rings. The molecule has 0 aliphatic heterocycles. The normalized spacial score (nSPS) is 14.4. The van der Waals surface area contributed by atoms with Crippen molar-refractivity contribution >= 4 is 11.9 Å². The number of nitrogens with zero attached hydrogens (tertiary/aromatic N) is 4. The predicted molar refractivity (Wildman–Crippen MR) is 108 cm³/mol. The minimum Gasteiger partial charge on any atom is -0.480 e. The van der Waals surface area contributed by atoms with Gasteiger partial charge < -0.3 is 10.0 Å². The second-order valence-corrected chi connectivity index (χ2v) is 7.31. The van der Waals surface area contributed by atoms with Crippen LogP contribution < -0.4 is 0 Å². The average Bonchev–Trinajstić information content (AvgIpc) is 3.49. The quantitative estimate of drug-likeness (QED) is 0.697. The van der Waals surface area contributed by atoms with Crippen LogP contribution in [0.15, 0.2) is 54.6 Å². The third-order valence-electron chi connectivity index (χ3n) is 5.27. The van der Waals surface area contributed by atoms with Gasteiger partial charge in [0.05, 0.1) is 11.4 Å². The highest BCUT2D eigenvalue weighted by molar-refractivity contribution is 5.96. The molecule has 7 nitrogen and oxygen atoms in total. The van der Waals surface area contributed by atoms with Crippen molar-refractivity contribution in [3.63, 3.8) is 0 Å². The average molecular weight is 390 g/mol. The lowest BCUT2D eigenvalue weighted by Gasteiger charge is -2.25. The van der Waals surface area contributed by atoms with E-state index in [9.17, 15) is 14.7 Å². The van der Waals surface area contributed by atoms with Gasteiger partial charge in [-0.1, -0.05) is 47.7 Å². The first-order valence-electron chi connectivity index (χ1n) is 9.61. The van der Waals surface area contributed by atoms with Gasteiger partial charge in [0.2, 0.25) is 0 Å². The molecule has 0 radical (unpaired) electrons. The number of rotatable bonds is 6. The second-order valence-electron chi connectivity index (χ2n) is 7.31. The van der Waals surface area contributed by atoms with Crippen LogP contribution in [0.25, 0.3) is 16.8 Å². The van der Waals surface area contributed by atoms with Crippen molar-refractivity contribution in [3.05, 3.63) is 66.0 Å².